The molecule has 6 heteroatoms. The number of anilines is 1. The van der Waals surface area contributed by atoms with Gasteiger partial charge in [0.05, 0.1) is 4.99 Å². The average Bonchev–Trinajstić information content (AvgIpc) is 3.18. The van der Waals surface area contributed by atoms with Gasteiger partial charge >= 0.3 is 0 Å². The van der Waals surface area contributed by atoms with Crippen molar-refractivity contribution in [2.75, 3.05) is 18.0 Å². The van der Waals surface area contributed by atoms with Crippen LogP contribution in [0.25, 0.3) is 0 Å². The zero-order valence-electron chi connectivity index (χ0n) is 11.3. The number of aromatic amines is 1. The normalized spacial score (nSPS) is 16.1. The molecule has 0 spiro atoms. The smallest absolute Gasteiger partial charge is 0.252 e. The summed E-state index contributed by atoms with van der Waals surface area (Å²) in [6.45, 7) is 5.48. The van der Waals surface area contributed by atoms with Crippen LogP contribution >= 0.6 is 12.2 Å². The summed E-state index contributed by atoms with van der Waals surface area (Å²) in [6, 6.07) is 1.54. The van der Waals surface area contributed by atoms with Gasteiger partial charge in [0.2, 0.25) is 0 Å². The van der Waals surface area contributed by atoms with Crippen LogP contribution in [0.3, 0.4) is 0 Å². The lowest BCUT2D eigenvalue weighted by Crippen LogP contribution is -2.35. The zero-order chi connectivity index (χ0) is 14.0. The maximum atomic E-state index is 11.7. The van der Waals surface area contributed by atoms with Crippen LogP contribution in [0.15, 0.2) is 10.9 Å². The van der Waals surface area contributed by atoms with Crippen LogP contribution in [0.2, 0.25) is 0 Å². The van der Waals surface area contributed by atoms with Crippen molar-refractivity contribution in [1.82, 2.24) is 9.97 Å². The molecule has 1 saturated carbocycles. The molecule has 1 aliphatic carbocycles. The largest absolute Gasteiger partial charge is 0.393 e. The van der Waals surface area contributed by atoms with Gasteiger partial charge < -0.3 is 15.6 Å². The van der Waals surface area contributed by atoms with Gasteiger partial charge in [-0.15, -0.1) is 0 Å². The van der Waals surface area contributed by atoms with E-state index in [0.717, 1.165) is 31.0 Å². The second kappa shape index (κ2) is 5.69. The predicted molar refractivity (Wildman–Crippen MR) is 80.7 cm³/mol. The number of H-pyrrole nitrogens is 1. The summed E-state index contributed by atoms with van der Waals surface area (Å²) in [5.41, 5.74) is 5.56. The van der Waals surface area contributed by atoms with E-state index >= 15 is 0 Å². The van der Waals surface area contributed by atoms with Crippen molar-refractivity contribution in [1.29, 1.82) is 0 Å². The van der Waals surface area contributed by atoms with Crippen molar-refractivity contribution in [3.63, 3.8) is 0 Å². The van der Waals surface area contributed by atoms with Gasteiger partial charge in [-0.2, -0.15) is 0 Å². The van der Waals surface area contributed by atoms with Crippen molar-refractivity contribution in [2.45, 2.75) is 32.6 Å². The fraction of sp³-hybridized carbons (Fsp3) is 0.615. The van der Waals surface area contributed by atoms with E-state index < -0.39 is 0 Å². The Bertz CT molecular complexity index is 524. The van der Waals surface area contributed by atoms with Crippen LogP contribution < -0.4 is 16.2 Å². The molecule has 1 atom stereocenters. The van der Waals surface area contributed by atoms with E-state index in [-0.39, 0.29) is 11.5 Å². The minimum Gasteiger partial charge on any atom is -0.393 e. The lowest BCUT2D eigenvalue weighted by molar-refractivity contribution is 0.694. The number of hydrogen-bond donors (Lipinski definition) is 2. The highest BCUT2D eigenvalue weighted by Gasteiger charge is 2.27. The Balaban J connectivity index is 2.22. The van der Waals surface area contributed by atoms with Crippen LogP contribution in [0.4, 0.5) is 5.82 Å². The van der Waals surface area contributed by atoms with Gasteiger partial charge in [0, 0.05) is 31.0 Å². The summed E-state index contributed by atoms with van der Waals surface area (Å²) in [4.78, 5) is 21.6. The summed E-state index contributed by atoms with van der Waals surface area (Å²) in [5.74, 6) is 2.06. The molecule has 0 bridgehead atoms. The van der Waals surface area contributed by atoms with Crippen LogP contribution in [0, 0.1) is 5.92 Å². The fourth-order valence-corrected chi connectivity index (χ4v) is 2.06. The molecule has 0 radical (unpaired) electrons. The number of nitrogens with one attached hydrogen (secondary N) is 1. The van der Waals surface area contributed by atoms with Crippen molar-refractivity contribution in [3.05, 3.63) is 22.2 Å². The number of nitrogens with zero attached hydrogens (tertiary/aromatic N) is 2. The molecule has 1 heterocycles. The molecule has 19 heavy (non-hydrogen) atoms. The molecule has 1 unspecified atom stereocenters. The van der Waals surface area contributed by atoms with E-state index in [0.29, 0.717) is 17.5 Å². The topological polar surface area (TPSA) is 75.0 Å². The summed E-state index contributed by atoms with van der Waals surface area (Å²) in [7, 11) is 0. The summed E-state index contributed by atoms with van der Waals surface area (Å²) in [6.07, 6.45) is 2.23. The quantitative estimate of drug-likeness (QED) is 0.770. The SMILES string of the molecule is CCN(CC(C)C(N)=S)c1cc(=O)[nH]c(C2CC2)n1. The van der Waals surface area contributed by atoms with Gasteiger partial charge in [0.1, 0.15) is 11.6 Å². The van der Waals surface area contributed by atoms with Gasteiger partial charge in [-0.3, -0.25) is 4.79 Å². The van der Waals surface area contributed by atoms with Crippen molar-refractivity contribution in [3.8, 4) is 0 Å². The highest BCUT2D eigenvalue weighted by atomic mass is 32.1. The Hall–Kier alpha value is -1.43. The Morgan fingerprint density at radius 2 is 2.37 bits per heavy atom. The van der Waals surface area contributed by atoms with E-state index in [4.69, 9.17) is 18.0 Å². The van der Waals surface area contributed by atoms with E-state index in [1.807, 2.05) is 18.7 Å². The molecular weight excluding hydrogens is 260 g/mol. The molecular formula is C13H20N4OS. The van der Waals surface area contributed by atoms with Gasteiger partial charge in [-0.05, 0) is 19.8 Å². The molecule has 1 aromatic heterocycles. The summed E-state index contributed by atoms with van der Waals surface area (Å²) in [5, 5.41) is 0. The molecule has 0 saturated heterocycles. The molecule has 0 amide bonds. The molecule has 5 nitrogen and oxygen atoms in total. The van der Waals surface area contributed by atoms with Crippen LogP contribution in [0.5, 0.6) is 0 Å². The summed E-state index contributed by atoms with van der Waals surface area (Å²) < 4.78 is 0. The molecule has 0 aliphatic heterocycles. The molecule has 2 rings (SSSR count). The molecule has 1 fully saturated rings. The van der Waals surface area contributed by atoms with Gasteiger partial charge in [-0.1, -0.05) is 19.1 Å². The lowest BCUT2D eigenvalue weighted by Gasteiger charge is -2.25. The maximum absolute atomic E-state index is 11.7. The van der Waals surface area contributed by atoms with Gasteiger partial charge in [0.25, 0.3) is 5.56 Å². The first-order valence-electron chi connectivity index (χ1n) is 6.66. The molecule has 1 aliphatic rings. The molecule has 0 aromatic carbocycles. The van der Waals surface area contributed by atoms with Crippen molar-refractivity contribution < 1.29 is 0 Å². The minimum atomic E-state index is -0.0895. The third kappa shape index (κ3) is 3.53. The lowest BCUT2D eigenvalue weighted by atomic mass is 10.1. The molecule has 3 N–H and O–H groups in total. The second-order valence-electron chi connectivity index (χ2n) is 5.11. The van der Waals surface area contributed by atoms with E-state index in [2.05, 4.69) is 9.97 Å². The third-order valence-electron chi connectivity index (χ3n) is 3.40. The molecule has 1 aromatic rings. The fourth-order valence-electron chi connectivity index (χ4n) is 1.98. The maximum Gasteiger partial charge on any atom is 0.252 e. The monoisotopic (exact) mass is 280 g/mol. The number of nitrogens with two attached hydrogens (primary N) is 1. The first-order valence-corrected chi connectivity index (χ1v) is 7.07. The first-order chi connectivity index (χ1) is 9.01. The average molecular weight is 280 g/mol. The Morgan fingerprint density at radius 1 is 1.68 bits per heavy atom. The highest BCUT2D eigenvalue weighted by Crippen LogP contribution is 2.37. The standard InChI is InChI=1S/C13H20N4OS/c1-3-17(7-8(2)12(14)19)10-6-11(18)16-13(15-10)9-4-5-9/h6,8-9H,3-5,7H2,1-2H3,(H2,14,19)(H,15,16,18). The second-order valence-corrected chi connectivity index (χ2v) is 5.58. The number of rotatable bonds is 6. The highest BCUT2D eigenvalue weighted by molar-refractivity contribution is 7.80. The Morgan fingerprint density at radius 3 is 2.89 bits per heavy atom. The Kier molecular flexibility index (Phi) is 4.19. The van der Waals surface area contributed by atoms with Crippen LogP contribution in [0.1, 0.15) is 38.4 Å². The van der Waals surface area contributed by atoms with Crippen molar-refractivity contribution in [2.24, 2.45) is 11.7 Å². The zero-order valence-corrected chi connectivity index (χ0v) is 12.2. The van der Waals surface area contributed by atoms with Gasteiger partial charge in [0.15, 0.2) is 0 Å². The number of aromatic nitrogens is 2. The van der Waals surface area contributed by atoms with E-state index in [1.165, 1.54) is 0 Å². The van der Waals surface area contributed by atoms with Crippen LogP contribution in [-0.2, 0) is 0 Å². The van der Waals surface area contributed by atoms with E-state index in [9.17, 15) is 4.79 Å². The van der Waals surface area contributed by atoms with Crippen molar-refractivity contribution >= 4 is 23.0 Å². The van der Waals surface area contributed by atoms with Crippen LogP contribution in [-0.4, -0.2) is 28.0 Å². The molecule has 104 valence electrons. The van der Waals surface area contributed by atoms with Gasteiger partial charge in [-0.25, -0.2) is 4.98 Å². The number of thiocarbonyl (C=S) groups is 1. The van der Waals surface area contributed by atoms with E-state index in [1.54, 1.807) is 6.07 Å². The number of hydrogen-bond acceptors (Lipinski definition) is 4. The predicted octanol–water partition coefficient (Wildman–Crippen LogP) is 1.40. The summed E-state index contributed by atoms with van der Waals surface area (Å²) >= 11 is 5.00. The third-order valence-corrected chi connectivity index (χ3v) is 3.80. The first kappa shape index (κ1) is 14.0. The Labute approximate surface area is 118 Å². The minimum absolute atomic E-state index is 0.0895.